The van der Waals surface area contributed by atoms with Crippen LogP contribution in [0, 0.1) is 5.82 Å². The van der Waals surface area contributed by atoms with Crippen molar-refractivity contribution in [1.29, 1.82) is 0 Å². The summed E-state index contributed by atoms with van der Waals surface area (Å²) in [5.41, 5.74) is 1.68. The molecule has 0 radical (unpaired) electrons. The first-order valence-corrected chi connectivity index (χ1v) is 13.9. The Labute approximate surface area is 221 Å². The first-order chi connectivity index (χ1) is 17.6. The number of carbonyl (C=O) groups excluding carboxylic acids is 2. The average Bonchev–Trinajstić information content (AvgIpc) is 2.86. The third kappa shape index (κ3) is 8.03. The molecule has 0 fully saturated rings. The molecular weight excluding hydrogens is 517 g/mol. The summed E-state index contributed by atoms with van der Waals surface area (Å²) in [6.07, 6.45) is 1.21. The maximum Gasteiger partial charge on any atom is 0.244 e. The van der Waals surface area contributed by atoms with Crippen molar-refractivity contribution in [3.8, 4) is 0 Å². The quantitative estimate of drug-likeness (QED) is 0.394. The number of nitrogens with zero attached hydrogens (tertiary/aromatic N) is 2. The Morgan fingerprint density at radius 3 is 2.14 bits per heavy atom. The van der Waals surface area contributed by atoms with Gasteiger partial charge in [-0.3, -0.25) is 13.9 Å². The molecule has 0 unspecified atom stereocenters. The zero-order valence-electron chi connectivity index (χ0n) is 20.6. The summed E-state index contributed by atoms with van der Waals surface area (Å²) in [5.74, 6) is -1.40. The minimum atomic E-state index is -3.86. The van der Waals surface area contributed by atoms with Crippen LogP contribution in [0.2, 0.25) is 5.02 Å². The minimum Gasteiger partial charge on any atom is -0.355 e. The maximum absolute atomic E-state index is 13.8. The Hall–Kier alpha value is -3.43. The molecule has 0 saturated heterocycles. The molecule has 196 valence electrons. The van der Waals surface area contributed by atoms with Crippen LogP contribution in [0.3, 0.4) is 0 Å². The first-order valence-electron chi connectivity index (χ1n) is 11.7. The van der Waals surface area contributed by atoms with Gasteiger partial charge in [-0.15, -0.1) is 0 Å². The van der Waals surface area contributed by atoms with E-state index in [2.05, 4.69) is 5.32 Å². The molecule has 7 nitrogen and oxygen atoms in total. The van der Waals surface area contributed by atoms with Gasteiger partial charge in [-0.25, -0.2) is 12.8 Å². The molecule has 3 rings (SSSR count). The van der Waals surface area contributed by atoms with Crippen LogP contribution in [0.1, 0.15) is 18.1 Å². The fourth-order valence-electron chi connectivity index (χ4n) is 3.85. The van der Waals surface area contributed by atoms with Gasteiger partial charge in [0.25, 0.3) is 0 Å². The number of amides is 2. The van der Waals surface area contributed by atoms with Gasteiger partial charge in [0, 0.05) is 24.5 Å². The largest absolute Gasteiger partial charge is 0.355 e. The molecule has 0 aromatic heterocycles. The second-order valence-electron chi connectivity index (χ2n) is 8.49. The molecule has 3 aromatic rings. The number of anilines is 1. The molecule has 0 aliphatic heterocycles. The lowest BCUT2D eigenvalue weighted by Crippen LogP contribution is -2.53. The van der Waals surface area contributed by atoms with E-state index in [1.807, 2.05) is 30.3 Å². The Bertz CT molecular complexity index is 1300. The van der Waals surface area contributed by atoms with Crippen LogP contribution in [0.15, 0.2) is 78.9 Å². The van der Waals surface area contributed by atoms with Gasteiger partial charge in [0.2, 0.25) is 21.8 Å². The van der Waals surface area contributed by atoms with Gasteiger partial charge in [0.1, 0.15) is 18.4 Å². The molecule has 0 heterocycles. The van der Waals surface area contributed by atoms with E-state index in [4.69, 9.17) is 11.6 Å². The van der Waals surface area contributed by atoms with Crippen LogP contribution >= 0.6 is 11.6 Å². The van der Waals surface area contributed by atoms with E-state index in [1.165, 1.54) is 53.4 Å². The molecule has 0 aliphatic carbocycles. The molecular formula is C27H29ClFN3O4S. The van der Waals surface area contributed by atoms with Crippen LogP contribution in [-0.2, 0) is 32.6 Å². The number of nitrogens with one attached hydrogen (secondary N) is 1. The smallest absolute Gasteiger partial charge is 0.244 e. The van der Waals surface area contributed by atoms with Crippen LogP contribution in [0.25, 0.3) is 0 Å². The molecule has 0 spiro atoms. The number of hydrogen-bond acceptors (Lipinski definition) is 4. The Balaban J connectivity index is 2.02. The highest BCUT2D eigenvalue weighted by Gasteiger charge is 2.32. The SMILES string of the molecule is CCNC(=O)[C@@H](Cc1ccccc1)N(Cc1ccc(F)cc1)C(=O)CN(c1ccc(Cl)cc1)S(C)(=O)=O. The van der Waals surface area contributed by atoms with Crippen molar-refractivity contribution in [3.05, 3.63) is 101 Å². The van der Waals surface area contributed by atoms with Gasteiger partial charge in [-0.2, -0.15) is 0 Å². The number of likely N-dealkylation sites (N-methyl/N-ethyl adjacent to an activating group) is 1. The van der Waals surface area contributed by atoms with Crippen molar-refractivity contribution in [3.63, 3.8) is 0 Å². The summed E-state index contributed by atoms with van der Waals surface area (Å²) < 4.78 is 39.9. The van der Waals surface area contributed by atoms with E-state index < -0.39 is 34.3 Å². The lowest BCUT2D eigenvalue weighted by atomic mass is 10.0. The molecule has 0 aliphatic rings. The molecule has 1 atom stereocenters. The van der Waals surface area contributed by atoms with E-state index >= 15 is 0 Å². The van der Waals surface area contributed by atoms with Gasteiger partial charge < -0.3 is 10.2 Å². The number of halogens is 2. The summed E-state index contributed by atoms with van der Waals surface area (Å²) >= 11 is 5.96. The highest BCUT2D eigenvalue weighted by molar-refractivity contribution is 7.92. The number of rotatable bonds is 11. The van der Waals surface area contributed by atoms with Crippen molar-refractivity contribution in [2.75, 3.05) is 23.7 Å². The average molecular weight is 546 g/mol. The van der Waals surface area contributed by atoms with Gasteiger partial charge >= 0.3 is 0 Å². The van der Waals surface area contributed by atoms with E-state index in [0.717, 1.165) is 16.1 Å². The van der Waals surface area contributed by atoms with Crippen LogP contribution < -0.4 is 9.62 Å². The molecule has 0 saturated carbocycles. The van der Waals surface area contributed by atoms with Crippen LogP contribution in [-0.4, -0.2) is 50.5 Å². The van der Waals surface area contributed by atoms with E-state index in [1.54, 1.807) is 6.92 Å². The second-order valence-corrected chi connectivity index (χ2v) is 10.8. The normalized spacial score (nSPS) is 12.0. The molecule has 0 bridgehead atoms. The number of hydrogen-bond donors (Lipinski definition) is 1. The van der Waals surface area contributed by atoms with Crippen molar-refractivity contribution < 1.29 is 22.4 Å². The molecule has 2 amide bonds. The van der Waals surface area contributed by atoms with E-state index in [9.17, 15) is 22.4 Å². The number of benzene rings is 3. The minimum absolute atomic E-state index is 0.0219. The predicted octanol–water partition coefficient (Wildman–Crippen LogP) is 4.02. The summed E-state index contributed by atoms with van der Waals surface area (Å²) in [7, 11) is -3.86. The highest BCUT2D eigenvalue weighted by atomic mass is 35.5. The van der Waals surface area contributed by atoms with E-state index in [0.29, 0.717) is 17.1 Å². The summed E-state index contributed by atoms with van der Waals surface area (Å²) in [5, 5.41) is 3.20. The zero-order valence-corrected chi connectivity index (χ0v) is 22.2. The maximum atomic E-state index is 13.8. The molecule has 3 aromatic carbocycles. The molecule has 37 heavy (non-hydrogen) atoms. The first kappa shape index (κ1) is 28.1. The Morgan fingerprint density at radius 2 is 1.57 bits per heavy atom. The van der Waals surface area contributed by atoms with Gasteiger partial charge in [0.15, 0.2) is 0 Å². The second kappa shape index (κ2) is 12.7. The third-order valence-corrected chi connectivity index (χ3v) is 7.07. The van der Waals surface area contributed by atoms with Crippen molar-refractivity contribution >= 4 is 39.1 Å². The third-order valence-electron chi connectivity index (χ3n) is 5.68. The lowest BCUT2D eigenvalue weighted by Gasteiger charge is -2.33. The van der Waals surface area contributed by atoms with Gasteiger partial charge in [0.05, 0.1) is 11.9 Å². The monoisotopic (exact) mass is 545 g/mol. The number of carbonyl (C=O) groups is 2. The molecule has 1 N–H and O–H groups in total. The number of sulfonamides is 1. The van der Waals surface area contributed by atoms with Gasteiger partial charge in [-0.1, -0.05) is 54.1 Å². The fourth-order valence-corrected chi connectivity index (χ4v) is 4.83. The highest BCUT2D eigenvalue weighted by Crippen LogP contribution is 2.22. The predicted molar refractivity (Wildman–Crippen MR) is 143 cm³/mol. The summed E-state index contributed by atoms with van der Waals surface area (Å²) in [6, 6.07) is 20.0. The van der Waals surface area contributed by atoms with Crippen molar-refractivity contribution in [2.24, 2.45) is 0 Å². The van der Waals surface area contributed by atoms with Crippen molar-refractivity contribution in [1.82, 2.24) is 10.2 Å². The summed E-state index contributed by atoms with van der Waals surface area (Å²) in [4.78, 5) is 28.4. The summed E-state index contributed by atoms with van der Waals surface area (Å²) in [6.45, 7) is 1.57. The van der Waals surface area contributed by atoms with Crippen molar-refractivity contribution in [2.45, 2.75) is 25.9 Å². The van der Waals surface area contributed by atoms with Crippen LogP contribution in [0.5, 0.6) is 0 Å². The van der Waals surface area contributed by atoms with Crippen LogP contribution in [0.4, 0.5) is 10.1 Å². The topological polar surface area (TPSA) is 86.8 Å². The Kier molecular flexibility index (Phi) is 9.66. The Morgan fingerprint density at radius 1 is 0.946 bits per heavy atom. The standard InChI is InChI=1S/C27H29ClFN3O4S/c1-3-30-27(34)25(17-20-7-5-4-6-8-20)31(18-21-9-13-23(29)14-10-21)26(33)19-32(37(2,35)36)24-15-11-22(28)12-16-24/h4-16,25H,3,17-19H2,1-2H3,(H,30,34)/t25-/m1/s1. The van der Waals surface area contributed by atoms with Gasteiger partial charge in [-0.05, 0) is 54.4 Å². The zero-order chi connectivity index (χ0) is 27.0. The molecule has 10 heteroatoms. The lowest BCUT2D eigenvalue weighted by molar-refractivity contribution is -0.140. The van der Waals surface area contributed by atoms with E-state index in [-0.39, 0.29) is 24.6 Å². The fraction of sp³-hybridized carbons (Fsp3) is 0.259.